The highest BCUT2D eigenvalue weighted by Crippen LogP contribution is 2.32. The summed E-state index contributed by atoms with van der Waals surface area (Å²) in [5.74, 6) is 0.199. The molecule has 2 aromatic heterocycles. The van der Waals surface area contributed by atoms with Crippen molar-refractivity contribution in [1.29, 1.82) is 0 Å². The summed E-state index contributed by atoms with van der Waals surface area (Å²) in [7, 11) is 1.59. The smallest absolute Gasteiger partial charge is 0.259 e. The van der Waals surface area contributed by atoms with Crippen LogP contribution in [0.3, 0.4) is 0 Å². The molecular weight excluding hydrogens is 456 g/mol. The van der Waals surface area contributed by atoms with E-state index >= 15 is 0 Å². The lowest BCUT2D eigenvalue weighted by molar-refractivity contribution is -0.122. The van der Waals surface area contributed by atoms with E-state index in [4.69, 9.17) is 9.84 Å². The van der Waals surface area contributed by atoms with E-state index in [0.717, 1.165) is 31.4 Å². The summed E-state index contributed by atoms with van der Waals surface area (Å²) < 4.78 is 8.72. The molecule has 2 N–H and O–H groups in total. The summed E-state index contributed by atoms with van der Waals surface area (Å²) in [6.45, 7) is 0.102. The summed E-state index contributed by atoms with van der Waals surface area (Å²) in [5.41, 5.74) is 2.91. The Balaban J connectivity index is 1.37. The SMILES string of the molecule is COc1ccccc1-c1nn(-c2ccccc2)cc1C(=O)Nc1cnn(CC(=O)NC2CCCC2)c1. The molecular formula is C27H28N6O3. The van der Waals surface area contributed by atoms with Gasteiger partial charge in [0, 0.05) is 24.0 Å². The summed E-state index contributed by atoms with van der Waals surface area (Å²) in [5, 5.41) is 14.9. The van der Waals surface area contributed by atoms with Gasteiger partial charge in [-0.05, 0) is 37.1 Å². The topological polar surface area (TPSA) is 103 Å². The average Bonchev–Trinajstić information content (AvgIpc) is 3.66. The fraction of sp³-hybridized carbons (Fsp3) is 0.259. The maximum atomic E-state index is 13.4. The van der Waals surface area contributed by atoms with Crippen LogP contribution in [-0.2, 0) is 11.3 Å². The summed E-state index contributed by atoms with van der Waals surface area (Å²) in [4.78, 5) is 25.7. The van der Waals surface area contributed by atoms with Crippen LogP contribution in [-0.4, -0.2) is 44.5 Å². The normalized spacial score (nSPS) is 13.5. The van der Waals surface area contributed by atoms with Crippen LogP contribution in [0.1, 0.15) is 36.0 Å². The molecule has 36 heavy (non-hydrogen) atoms. The van der Waals surface area contributed by atoms with Crippen LogP contribution in [0.4, 0.5) is 5.69 Å². The largest absolute Gasteiger partial charge is 0.496 e. The number of nitrogens with zero attached hydrogens (tertiary/aromatic N) is 4. The lowest BCUT2D eigenvalue weighted by atomic mass is 10.1. The van der Waals surface area contributed by atoms with Crippen molar-refractivity contribution in [2.45, 2.75) is 38.3 Å². The van der Waals surface area contributed by atoms with Crippen molar-refractivity contribution in [3.05, 3.63) is 78.8 Å². The first-order valence-electron chi connectivity index (χ1n) is 12.0. The van der Waals surface area contributed by atoms with Gasteiger partial charge in [-0.3, -0.25) is 14.3 Å². The molecule has 9 heteroatoms. The standard InChI is InChI=1S/C27H28N6O3/c1-36-24-14-8-7-13-22(24)26-23(17-33(31-26)21-11-3-2-4-12-21)27(35)30-20-15-28-32(16-20)18-25(34)29-19-9-5-6-10-19/h2-4,7-8,11-17,19H,5-6,9-10,18H2,1H3,(H,29,34)(H,30,35). The van der Waals surface area contributed by atoms with Gasteiger partial charge in [0.25, 0.3) is 5.91 Å². The van der Waals surface area contributed by atoms with Gasteiger partial charge in [-0.2, -0.15) is 10.2 Å². The van der Waals surface area contributed by atoms with Crippen LogP contribution >= 0.6 is 0 Å². The number of anilines is 1. The number of hydrogen-bond acceptors (Lipinski definition) is 5. The Hall–Kier alpha value is -4.40. The third kappa shape index (κ3) is 5.14. The molecule has 1 saturated carbocycles. The highest BCUT2D eigenvalue weighted by Gasteiger charge is 2.22. The monoisotopic (exact) mass is 484 g/mol. The van der Waals surface area contributed by atoms with E-state index < -0.39 is 0 Å². The number of carbonyl (C=O) groups is 2. The number of amides is 2. The number of nitrogens with one attached hydrogen (secondary N) is 2. The molecule has 2 aromatic carbocycles. The Bertz CT molecular complexity index is 1350. The Morgan fingerprint density at radius 3 is 2.56 bits per heavy atom. The van der Waals surface area contributed by atoms with E-state index in [0.29, 0.717) is 28.3 Å². The van der Waals surface area contributed by atoms with Gasteiger partial charge in [-0.1, -0.05) is 43.2 Å². The minimum atomic E-state index is -0.340. The van der Waals surface area contributed by atoms with E-state index in [1.807, 2.05) is 54.6 Å². The molecule has 1 fully saturated rings. The first-order chi connectivity index (χ1) is 17.6. The second kappa shape index (κ2) is 10.5. The van der Waals surface area contributed by atoms with Gasteiger partial charge in [-0.25, -0.2) is 4.68 Å². The van der Waals surface area contributed by atoms with Gasteiger partial charge in [0.05, 0.1) is 30.2 Å². The number of para-hydroxylation sites is 2. The third-order valence-corrected chi connectivity index (χ3v) is 6.26. The van der Waals surface area contributed by atoms with Crippen LogP contribution in [0.2, 0.25) is 0 Å². The van der Waals surface area contributed by atoms with Crippen molar-refractivity contribution in [1.82, 2.24) is 24.9 Å². The number of rotatable bonds is 8. The average molecular weight is 485 g/mol. The third-order valence-electron chi connectivity index (χ3n) is 6.26. The second-order valence-electron chi connectivity index (χ2n) is 8.80. The van der Waals surface area contributed by atoms with Gasteiger partial charge in [0.2, 0.25) is 5.91 Å². The molecule has 0 unspecified atom stereocenters. The van der Waals surface area contributed by atoms with Crippen molar-refractivity contribution in [2.75, 3.05) is 12.4 Å². The van der Waals surface area contributed by atoms with Gasteiger partial charge in [0.1, 0.15) is 18.0 Å². The van der Waals surface area contributed by atoms with Crippen molar-refractivity contribution < 1.29 is 14.3 Å². The summed E-state index contributed by atoms with van der Waals surface area (Å²) >= 11 is 0. The Morgan fingerprint density at radius 1 is 1.03 bits per heavy atom. The molecule has 0 atom stereocenters. The highest BCUT2D eigenvalue weighted by atomic mass is 16.5. The predicted octanol–water partition coefficient (Wildman–Crippen LogP) is 4.06. The van der Waals surface area contributed by atoms with Crippen molar-refractivity contribution in [2.24, 2.45) is 0 Å². The van der Waals surface area contributed by atoms with Crippen LogP contribution in [0.25, 0.3) is 16.9 Å². The fourth-order valence-electron chi connectivity index (χ4n) is 4.50. The lowest BCUT2D eigenvalue weighted by Gasteiger charge is -2.11. The molecule has 0 bridgehead atoms. The van der Waals surface area contributed by atoms with E-state index in [1.165, 1.54) is 10.9 Å². The molecule has 4 aromatic rings. The molecule has 0 spiro atoms. The number of hydrogen-bond donors (Lipinski definition) is 2. The molecule has 1 aliphatic rings. The Kier molecular flexibility index (Phi) is 6.79. The quantitative estimate of drug-likeness (QED) is 0.393. The minimum absolute atomic E-state index is 0.0783. The maximum Gasteiger partial charge on any atom is 0.259 e. The number of carbonyl (C=O) groups excluding carboxylic acids is 2. The molecule has 1 aliphatic carbocycles. The zero-order chi connectivity index (χ0) is 24.9. The molecule has 0 aliphatic heterocycles. The van der Waals surface area contributed by atoms with Crippen molar-refractivity contribution in [3.63, 3.8) is 0 Å². The van der Waals surface area contributed by atoms with Gasteiger partial charge >= 0.3 is 0 Å². The van der Waals surface area contributed by atoms with E-state index in [2.05, 4.69) is 15.7 Å². The van der Waals surface area contributed by atoms with Gasteiger partial charge in [-0.15, -0.1) is 0 Å². The molecule has 2 heterocycles. The molecule has 2 amide bonds. The maximum absolute atomic E-state index is 13.4. The van der Waals surface area contributed by atoms with Crippen LogP contribution in [0.5, 0.6) is 5.75 Å². The minimum Gasteiger partial charge on any atom is -0.496 e. The number of ether oxygens (including phenoxy) is 1. The first kappa shape index (κ1) is 23.3. The Morgan fingerprint density at radius 2 is 1.78 bits per heavy atom. The first-order valence-corrected chi connectivity index (χ1v) is 12.0. The Labute approximate surface area is 209 Å². The molecule has 9 nitrogen and oxygen atoms in total. The van der Waals surface area contributed by atoms with Gasteiger partial charge < -0.3 is 15.4 Å². The van der Waals surface area contributed by atoms with E-state index in [1.54, 1.807) is 24.2 Å². The predicted molar refractivity (Wildman–Crippen MR) is 136 cm³/mol. The summed E-state index contributed by atoms with van der Waals surface area (Å²) in [6, 6.07) is 17.3. The highest BCUT2D eigenvalue weighted by molar-refractivity contribution is 6.08. The second-order valence-corrected chi connectivity index (χ2v) is 8.80. The molecule has 0 radical (unpaired) electrons. The van der Waals surface area contributed by atoms with Crippen molar-refractivity contribution in [3.8, 4) is 22.7 Å². The van der Waals surface area contributed by atoms with Crippen molar-refractivity contribution >= 4 is 17.5 Å². The van der Waals surface area contributed by atoms with E-state index in [-0.39, 0.29) is 24.4 Å². The molecule has 0 saturated heterocycles. The summed E-state index contributed by atoms with van der Waals surface area (Å²) in [6.07, 6.45) is 9.24. The number of benzene rings is 2. The zero-order valence-electron chi connectivity index (χ0n) is 20.1. The molecule has 5 rings (SSSR count). The van der Waals surface area contributed by atoms with Crippen LogP contribution in [0, 0.1) is 0 Å². The van der Waals surface area contributed by atoms with Crippen LogP contribution in [0.15, 0.2) is 73.2 Å². The van der Waals surface area contributed by atoms with E-state index in [9.17, 15) is 9.59 Å². The lowest BCUT2D eigenvalue weighted by Crippen LogP contribution is -2.35. The number of methoxy groups -OCH3 is 1. The molecule has 184 valence electrons. The zero-order valence-corrected chi connectivity index (χ0v) is 20.1. The number of aromatic nitrogens is 4. The van der Waals surface area contributed by atoms with Crippen LogP contribution < -0.4 is 15.4 Å². The fourth-order valence-corrected chi connectivity index (χ4v) is 4.50. The van der Waals surface area contributed by atoms with Gasteiger partial charge in [0.15, 0.2) is 0 Å².